The topological polar surface area (TPSA) is 74.2 Å². The second kappa shape index (κ2) is 8.47. The Balaban J connectivity index is 1.90. The summed E-state index contributed by atoms with van der Waals surface area (Å²) in [5, 5.41) is 12.5. The molecule has 1 fully saturated rings. The molecule has 0 bridgehead atoms. The molecule has 6 nitrogen and oxygen atoms in total. The first kappa shape index (κ1) is 21.2. The SMILES string of the molecule is CSN1CCC(Nc2ncc(F)c(-c3sc(C(C)O)nc3C(F)(F)F)n2)CC1. The van der Waals surface area contributed by atoms with E-state index in [1.807, 2.05) is 6.26 Å². The van der Waals surface area contributed by atoms with E-state index in [0.29, 0.717) is 11.3 Å². The molecule has 12 heteroatoms. The Labute approximate surface area is 167 Å². The zero-order valence-electron chi connectivity index (χ0n) is 15.1. The molecular formula is C16H19F4N5OS2. The van der Waals surface area contributed by atoms with Crippen LogP contribution in [-0.2, 0) is 6.18 Å². The Morgan fingerprint density at radius 1 is 1.32 bits per heavy atom. The lowest BCUT2D eigenvalue weighted by molar-refractivity contribution is -0.140. The van der Waals surface area contributed by atoms with Gasteiger partial charge < -0.3 is 10.4 Å². The van der Waals surface area contributed by atoms with Crippen LogP contribution in [0, 0.1) is 5.82 Å². The summed E-state index contributed by atoms with van der Waals surface area (Å²) in [4.78, 5) is 10.8. The molecule has 2 aromatic heterocycles. The minimum atomic E-state index is -4.80. The van der Waals surface area contributed by atoms with E-state index < -0.39 is 34.4 Å². The number of hydrogen-bond donors (Lipinski definition) is 2. The average Bonchev–Trinajstić information content (AvgIpc) is 3.10. The van der Waals surface area contributed by atoms with E-state index in [2.05, 4.69) is 24.6 Å². The Kier molecular flexibility index (Phi) is 6.42. The Morgan fingerprint density at radius 2 is 2.00 bits per heavy atom. The maximum atomic E-state index is 14.3. The van der Waals surface area contributed by atoms with Gasteiger partial charge in [0.2, 0.25) is 5.95 Å². The van der Waals surface area contributed by atoms with Crippen molar-refractivity contribution in [3.8, 4) is 10.6 Å². The molecule has 0 aliphatic carbocycles. The molecule has 28 heavy (non-hydrogen) atoms. The third-order valence-corrected chi connectivity index (χ3v) is 6.39. The molecule has 0 aromatic carbocycles. The third-order valence-electron chi connectivity index (χ3n) is 4.27. The lowest BCUT2D eigenvalue weighted by Crippen LogP contribution is -2.35. The highest BCUT2D eigenvalue weighted by Gasteiger charge is 2.39. The molecule has 1 aliphatic heterocycles. The van der Waals surface area contributed by atoms with Gasteiger partial charge in [0.25, 0.3) is 0 Å². The number of aliphatic hydroxyl groups excluding tert-OH is 1. The van der Waals surface area contributed by atoms with Gasteiger partial charge in [0.1, 0.15) is 16.8 Å². The Hall–Kier alpha value is -1.50. The maximum Gasteiger partial charge on any atom is 0.434 e. The molecule has 0 saturated carbocycles. The molecule has 3 heterocycles. The Bertz CT molecular complexity index is 822. The number of thiazole rings is 1. The molecule has 3 rings (SSSR count). The summed E-state index contributed by atoms with van der Waals surface area (Å²) >= 11 is 2.23. The van der Waals surface area contributed by atoms with Crippen LogP contribution in [0.1, 0.15) is 36.6 Å². The van der Waals surface area contributed by atoms with Gasteiger partial charge in [0, 0.05) is 19.1 Å². The fraction of sp³-hybridized carbons (Fsp3) is 0.562. The van der Waals surface area contributed by atoms with Gasteiger partial charge in [-0.1, -0.05) is 11.9 Å². The van der Waals surface area contributed by atoms with E-state index in [1.165, 1.54) is 6.92 Å². The number of nitrogens with zero attached hydrogens (tertiary/aromatic N) is 4. The average molecular weight is 437 g/mol. The Morgan fingerprint density at radius 3 is 2.57 bits per heavy atom. The molecular weight excluding hydrogens is 418 g/mol. The maximum absolute atomic E-state index is 14.3. The van der Waals surface area contributed by atoms with Crippen LogP contribution in [0.25, 0.3) is 10.6 Å². The van der Waals surface area contributed by atoms with Crippen molar-refractivity contribution in [1.82, 2.24) is 19.3 Å². The zero-order chi connectivity index (χ0) is 20.5. The molecule has 1 unspecified atom stereocenters. The highest BCUT2D eigenvalue weighted by molar-refractivity contribution is 7.96. The molecule has 0 radical (unpaired) electrons. The largest absolute Gasteiger partial charge is 0.434 e. The van der Waals surface area contributed by atoms with Gasteiger partial charge in [0.05, 0.1) is 11.1 Å². The smallest absolute Gasteiger partial charge is 0.386 e. The van der Waals surface area contributed by atoms with E-state index >= 15 is 0 Å². The van der Waals surface area contributed by atoms with Gasteiger partial charge in [0.15, 0.2) is 11.5 Å². The van der Waals surface area contributed by atoms with Crippen molar-refractivity contribution in [1.29, 1.82) is 0 Å². The van der Waals surface area contributed by atoms with E-state index in [0.717, 1.165) is 32.1 Å². The van der Waals surface area contributed by atoms with Crippen molar-refractivity contribution in [2.24, 2.45) is 0 Å². The summed E-state index contributed by atoms with van der Waals surface area (Å²) in [5.41, 5.74) is -1.74. The van der Waals surface area contributed by atoms with Gasteiger partial charge in [-0.3, -0.25) is 4.31 Å². The number of alkyl halides is 3. The number of rotatable bonds is 5. The summed E-state index contributed by atoms with van der Waals surface area (Å²) in [7, 11) is 0. The van der Waals surface area contributed by atoms with Crippen LogP contribution < -0.4 is 5.32 Å². The molecule has 154 valence electrons. The highest BCUT2D eigenvalue weighted by Crippen LogP contribution is 2.41. The minimum absolute atomic E-state index is 0.0540. The van der Waals surface area contributed by atoms with E-state index in [9.17, 15) is 22.7 Å². The summed E-state index contributed by atoms with van der Waals surface area (Å²) in [6.07, 6.45) is -1.52. The number of piperidine rings is 1. The monoisotopic (exact) mass is 437 g/mol. The van der Waals surface area contributed by atoms with E-state index in [1.54, 1.807) is 11.9 Å². The normalized spacial score (nSPS) is 17.7. The van der Waals surface area contributed by atoms with Crippen molar-refractivity contribution in [2.75, 3.05) is 24.7 Å². The van der Waals surface area contributed by atoms with Crippen LogP contribution >= 0.6 is 23.3 Å². The van der Waals surface area contributed by atoms with Crippen LogP contribution in [0.4, 0.5) is 23.5 Å². The van der Waals surface area contributed by atoms with Crippen molar-refractivity contribution in [3.63, 3.8) is 0 Å². The number of aliphatic hydroxyl groups is 1. The molecule has 2 aromatic rings. The van der Waals surface area contributed by atoms with Crippen LogP contribution in [0.2, 0.25) is 0 Å². The first-order valence-corrected chi connectivity index (χ1v) is 10.5. The third kappa shape index (κ3) is 4.73. The van der Waals surface area contributed by atoms with Gasteiger partial charge >= 0.3 is 6.18 Å². The fourth-order valence-corrected chi connectivity index (χ4v) is 4.42. The number of hydrogen-bond acceptors (Lipinski definition) is 8. The summed E-state index contributed by atoms with van der Waals surface area (Å²) in [6.45, 7) is 3.02. The minimum Gasteiger partial charge on any atom is -0.386 e. The lowest BCUT2D eigenvalue weighted by Gasteiger charge is -2.30. The second-order valence-electron chi connectivity index (χ2n) is 6.32. The molecule has 2 N–H and O–H groups in total. The molecule has 1 saturated heterocycles. The van der Waals surface area contributed by atoms with Gasteiger partial charge in [-0.2, -0.15) is 13.2 Å². The number of nitrogens with one attached hydrogen (secondary N) is 1. The number of anilines is 1. The predicted molar refractivity (Wildman–Crippen MR) is 100 cm³/mol. The standard InChI is InChI=1S/C16H19F4N5OS2/c1-8(26)14-24-13(16(18,19)20)12(28-14)11-10(17)7-21-15(23-11)22-9-3-5-25(27-2)6-4-9/h7-9,26H,3-6H2,1-2H3,(H,21,22,23). The van der Waals surface area contributed by atoms with Crippen molar-refractivity contribution >= 4 is 29.2 Å². The number of halogens is 4. The summed E-state index contributed by atoms with van der Waals surface area (Å²) in [5.74, 6) is -0.909. The second-order valence-corrected chi connectivity index (χ2v) is 8.24. The molecule has 0 amide bonds. The lowest BCUT2D eigenvalue weighted by atomic mass is 10.1. The quantitative estimate of drug-likeness (QED) is 0.542. The van der Waals surface area contributed by atoms with Gasteiger partial charge in [-0.05, 0) is 26.0 Å². The predicted octanol–water partition coefficient (Wildman–Crippen LogP) is 3.97. The first-order chi connectivity index (χ1) is 13.2. The van der Waals surface area contributed by atoms with Gasteiger partial charge in [-0.25, -0.2) is 19.3 Å². The van der Waals surface area contributed by atoms with Crippen molar-refractivity contribution in [2.45, 2.75) is 38.1 Å². The van der Waals surface area contributed by atoms with Crippen LogP contribution in [0.15, 0.2) is 6.20 Å². The molecule has 1 atom stereocenters. The fourth-order valence-electron chi connectivity index (χ4n) is 2.83. The summed E-state index contributed by atoms with van der Waals surface area (Å²) in [6, 6.07) is 0.0540. The van der Waals surface area contributed by atoms with Crippen molar-refractivity contribution in [3.05, 3.63) is 22.7 Å². The zero-order valence-corrected chi connectivity index (χ0v) is 16.8. The van der Waals surface area contributed by atoms with Gasteiger partial charge in [-0.15, -0.1) is 11.3 Å². The van der Waals surface area contributed by atoms with Crippen LogP contribution in [0.3, 0.4) is 0 Å². The van der Waals surface area contributed by atoms with Crippen LogP contribution in [0.5, 0.6) is 0 Å². The van der Waals surface area contributed by atoms with E-state index in [4.69, 9.17) is 0 Å². The van der Waals surface area contributed by atoms with Crippen molar-refractivity contribution < 1.29 is 22.7 Å². The van der Waals surface area contributed by atoms with Crippen LogP contribution in [-0.4, -0.2) is 49.8 Å². The van der Waals surface area contributed by atoms with E-state index in [-0.39, 0.29) is 17.0 Å². The molecule has 0 spiro atoms. The highest BCUT2D eigenvalue weighted by atomic mass is 32.2. The molecule has 1 aliphatic rings. The number of aromatic nitrogens is 3. The first-order valence-electron chi connectivity index (χ1n) is 8.53. The summed E-state index contributed by atoms with van der Waals surface area (Å²) < 4.78 is 56.6.